The lowest BCUT2D eigenvalue weighted by Crippen LogP contribution is -2.36. The average Bonchev–Trinajstić information content (AvgIpc) is 3.40. The summed E-state index contributed by atoms with van der Waals surface area (Å²) in [5.41, 5.74) is 2.05. The minimum absolute atomic E-state index is 0.00190. The molecule has 1 N–H and O–H groups in total. The zero-order chi connectivity index (χ0) is 22.0. The fourth-order valence-electron chi connectivity index (χ4n) is 3.25. The van der Waals surface area contributed by atoms with Gasteiger partial charge in [-0.3, -0.25) is 4.79 Å². The molecular formula is C22H21F2N3O4. The molecule has 2 aromatic carbocycles. The molecule has 0 radical (unpaired) electrons. The molecule has 0 atom stereocenters. The van der Waals surface area contributed by atoms with Gasteiger partial charge in [0.1, 0.15) is 11.6 Å². The Balaban J connectivity index is 1.49. The van der Waals surface area contributed by atoms with E-state index in [4.69, 9.17) is 9.47 Å². The number of fused-ring (bicyclic) bond motifs is 1. The van der Waals surface area contributed by atoms with Gasteiger partial charge in [0.15, 0.2) is 11.5 Å². The van der Waals surface area contributed by atoms with Gasteiger partial charge in [0.2, 0.25) is 6.79 Å². The number of amides is 1. The van der Waals surface area contributed by atoms with Gasteiger partial charge >= 0.3 is 6.61 Å². The minimum Gasteiger partial charge on any atom is -0.454 e. The number of H-pyrrole nitrogens is 1. The number of nitrogens with one attached hydrogen (secondary N) is 1. The first-order valence-corrected chi connectivity index (χ1v) is 9.70. The summed E-state index contributed by atoms with van der Waals surface area (Å²) >= 11 is 0. The molecule has 0 saturated heterocycles. The van der Waals surface area contributed by atoms with Crippen molar-refractivity contribution in [3.63, 3.8) is 0 Å². The number of ether oxygens (including phenoxy) is 3. The molecule has 1 aliphatic rings. The third kappa shape index (κ3) is 4.60. The quantitative estimate of drug-likeness (QED) is 0.600. The van der Waals surface area contributed by atoms with E-state index in [9.17, 15) is 13.6 Å². The maximum atomic E-state index is 13.0. The third-order valence-corrected chi connectivity index (χ3v) is 4.84. The molecule has 162 valence electrons. The van der Waals surface area contributed by atoms with Crippen molar-refractivity contribution in [1.82, 2.24) is 14.9 Å². The van der Waals surface area contributed by atoms with Crippen molar-refractivity contribution >= 4 is 5.91 Å². The molecule has 0 unspecified atom stereocenters. The normalized spacial score (nSPS) is 12.5. The van der Waals surface area contributed by atoms with E-state index >= 15 is 0 Å². The summed E-state index contributed by atoms with van der Waals surface area (Å²) in [4.78, 5) is 22.3. The van der Waals surface area contributed by atoms with Crippen LogP contribution in [0.2, 0.25) is 0 Å². The topological polar surface area (TPSA) is 76.7 Å². The number of aromatic nitrogens is 2. The smallest absolute Gasteiger partial charge is 0.387 e. The zero-order valence-electron chi connectivity index (χ0n) is 17.0. The molecular weight excluding hydrogens is 408 g/mol. The lowest BCUT2D eigenvalue weighted by Gasteiger charge is -2.26. The fraction of sp³-hybridized carbons (Fsp3) is 0.273. The Morgan fingerprint density at radius 3 is 2.61 bits per heavy atom. The maximum Gasteiger partial charge on any atom is 0.387 e. The van der Waals surface area contributed by atoms with E-state index in [0.717, 1.165) is 11.3 Å². The molecule has 9 heteroatoms. The van der Waals surface area contributed by atoms with Gasteiger partial charge in [0, 0.05) is 17.2 Å². The molecule has 0 bridgehead atoms. The van der Waals surface area contributed by atoms with Gasteiger partial charge in [0.25, 0.3) is 5.91 Å². The number of carbonyl (C=O) groups is 1. The number of hydrogen-bond donors (Lipinski definition) is 1. The molecule has 0 fully saturated rings. The first-order valence-electron chi connectivity index (χ1n) is 9.70. The Bertz CT molecular complexity index is 1070. The first kappa shape index (κ1) is 20.6. The van der Waals surface area contributed by atoms with Crippen molar-refractivity contribution in [3.05, 3.63) is 60.0 Å². The zero-order valence-corrected chi connectivity index (χ0v) is 17.0. The summed E-state index contributed by atoms with van der Waals surface area (Å²) in [6, 6.07) is 11.1. The Morgan fingerprint density at radius 1 is 1.16 bits per heavy atom. The van der Waals surface area contributed by atoms with Crippen LogP contribution in [0.4, 0.5) is 8.78 Å². The van der Waals surface area contributed by atoms with Gasteiger partial charge in [0.05, 0.1) is 18.4 Å². The standard InChI is InChI=1S/C22H21F2N3O4/c1-13(2)27(21(28)14-3-6-16(7-4-14)31-22(23)24)11-20-25-10-17(26-20)15-5-8-18-19(9-15)30-12-29-18/h3-10,13,22H,11-12H2,1-2H3,(H,25,26). The van der Waals surface area contributed by atoms with Crippen LogP contribution >= 0.6 is 0 Å². The van der Waals surface area contributed by atoms with E-state index in [2.05, 4.69) is 14.7 Å². The molecule has 4 rings (SSSR count). The van der Waals surface area contributed by atoms with Crippen molar-refractivity contribution in [1.29, 1.82) is 0 Å². The van der Waals surface area contributed by atoms with E-state index in [1.165, 1.54) is 24.3 Å². The fourth-order valence-corrected chi connectivity index (χ4v) is 3.25. The SMILES string of the molecule is CC(C)N(Cc1ncc(-c2ccc3c(c2)OCO3)[nH]1)C(=O)c1ccc(OC(F)F)cc1. The van der Waals surface area contributed by atoms with E-state index in [1.807, 2.05) is 32.0 Å². The molecule has 7 nitrogen and oxygen atoms in total. The van der Waals surface area contributed by atoms with E-state index in [1.54, 1.807) is 11.1 Å². The lowest BCUT2D eigenvalue weighted by molar-refractivity contribution is -0.0498. The Kier molecular flexibility index (Phi) is 5.75. The number of imidazole rings is 1. The summed E-state index contributed by atoms with van der Waals surface area (Å²) in [7, 11) is 0. The van der Waals surface area contributed by atoms with Crippen molar-refractivity contribution in [2.24, 2.45) is 0 Å². The van der Waals surface area contributed by atoms with Crippen LogP contribution in [0.3, 0.4) is 0 Å². The van der Waals surface area contributed by atoms with Crippen LogP contribution in [0, 0.1) is 0 Å². The second-order valence-corrected chi connectivity index (χ2v) is 7.24. The highest BCUT2D eigenvalue weighted by atomic mass is 19.3. The summed E-state index contributed by atoms with van der Waals surface area (Å²) in [6.45, 7) is 1.35. The van der Waals surface area contributed by atoms with Gasteiger partial charge in [-0.1, -0.05) is 0 Å². The molecule has 0 spiro atoms. The number of aromatic amines is 1. The third-order valence-electron chi connectivity index (χ3n) is 4.84. The van der Waals surface area contributed by atoms with Gasteiger partial charge in [-0.2, -0.15) is 8.78 Å². The summed E-state index contributed by atoms with van der Waals surface area (Å²) in [6.07, 6.45) is 1.70. The van der Waals surface area contributed by atoms with E-state index in [-0.39, 0.29) is 31.0 Å². The Hall–Kier alpha value is -3.62. The summed E-state index contributed by atoms with van der Waals surface area (Å²) in [5.74, 6) is 1.76. The van der Waals surface area contributed by atoms with Crippen LogP contribution in [0.5, 0.6) is 17.2 Å². The number of rotatable bonds is 7. The molecule has 1 aromatic heterocycles. The van der Waals surface area contributed by atoms with E-state index < -0.39 is 6.61 Å². The number of alkyl halides is 2. The number of halogens is 2. The van der Waals surface area contributed by atoms with Crippen LogP contribution in [0.1, 0.15) is 30.0 Å². The number of nitrogens with zero attached hydrogens (tertiary/aromatic N) is 2. The molecule has 1 aliphatic heterocycles. The monoisotopic (exact) mass is 429 g/mol. The van der Waals surface area contributed by atoms with Gasteiger partial charge in [-0.15, -0.1) is 0 Å². The maximum absolute atomic E-state index is 13.0. The molecule has 3 aromatic rings. The van der Waals surface area contributed by atoms with Gasteiger partial charge in [-0.25, -0.2) is 4.98 Å². The highest BCUT2D eigenvalue weighted by Gasteiger charge is 2.21. The summed E-state index contributed by atoms with van der Waals surface area (Å²) in [5, 5.41) is 0. The highest BCUT2D eigenvalue weighted by Crippen LogP contribution is 2.35. The van der Waals surface area contributed by atoms with E-state index in [0.29, 0.717) is 22.9 Å². The molecule has 1 amide bonds. The number of hydrogen-bond acceptors (Lipinski definition) is 5. The molecule has 31 heavy (non-hydrogen) atoms. The van der Waals surface area contributed by atoms with Crippen LogP contribution < -0.4 is 14.2 Å². The van der Waals surface area contributed by atoms with Crippen molar-refractivity contribution in [3.8, 4) is 28.5 Å². The molecule has 2 heterocycles. The predicted molar refractivity (Wildman–Crippen MR) is 108 cm³/mol. The summed E-state index contributed by atoms with van der Waals surface area (Å²) < 4.78 is 39.7. The van der Waals surface area contributed by atoms with Crippen LogP contribution in [0.25, 0.3) is 11.3 Å². The highest BCUT2D eigenvalue weighted by molar-refractivity contribution is 5.94. The van der Waals surface area contributed by atoms with Gasteiger partial charge in [-0.05, 0) is 56.3 Å². The Labute approximate surface area is 177 Å². The number of carbonyl (C=O) groups excluding carboxylic acids is 1. The number of benzene rings is 2. The van der Waals surface area contributed by atoms with Crippen molar-refractivity contribution in [2.45, 2.75) is 33.0 Å². The average molecular weight is 429 g/mol. The van der Waals surface area contributed by atoms with Crippen LogP contribution in [-0.2, 0) is 6.54 Å². The molecule has 0 saturated carbocycles. The largest absolute Gasteiger partial charge is 0.454 e. The minimum atomic E-state index is -2.91. The molecule has 0 aliphatic carbocycles. The van der Waals surface area contributed by atoms with Crippen LogP contribution in [-0.4, -0.2) is 40.2 Å². The second kappa shape index (κ2) is 8.63. The van der Waals surface area contributed by atoms with Crippen molar-refractivity contribution < 1.29 is 27.8 Å². The van der Waals surface area contributed by atoms with Crippen LogP contribution in [0.15, 0.2) is 48.7 Å². The Morgan fingerprint density at radius 2 is 1.90 bits per heavy atom. The van der Waals surface area contributed by atoms with Gasteiger partial charge < -0.3 is 24.1 Å². The second-order valence-electron chi connectivity index (χ2n) is 7.24. The van der Waals surface area contributed by atoms with Crippen molar-refractivity contribution in [2.75, 3.05) is 6.79 Å². The lowest BCUT2D eigenvalue weighted by atomic mass is 10.1. The first-order chi connectivity index (χ1) is 14.9. The predicted octanol–water partition coefficient (Wildman–Crippen LogP) is 4.46.